The van der Waals surface area contributed by atoms with E-state index >= 15 is 0 Å². The van der Waals surface area contributed by atoms with Crippen molar-refractivity contribution in [1.29, 1.82) is 0 Å². The first-order valence-electron chi connectivity index (χ1n) is 18.4. The van der Waals surface area contributed by atoms with Crippen molar-refractivity contribution in [3.63, 3.8) is 0 Å². The summed E-state index contributed by atoms with van der Waals surface area (Å²) in [4.78, 5) is 117. The molecule has 0 aromatic carbocycles. The van der Waals surface area contributed by atoms with E-state index in [1.807, 2.05) is 6.92 Å². The average Bonchev–Trinajstić information content (AvgIpc) is 3.16. The molecule has 0 aliphatic rings. The highest BCUT2D eigenvalue weighted by atomic mass is 16.4. The fourth-order valence-electron chi connectivity index (χ4n) is 5.09. The second-order valence-electron chi connectivity index (χ2n) is 13.6. The first kappa shape index (κ1) is 51.4. The summed E-state index contributed by atoms with van der Waals surface area (Å²) in [7, 11) is 1.36. The number of aliphatic imine (C=N–C) groups is 1. The van der Waals surface area contributed by atoms with Crippen LogP contribution in [-0.2, 0) is 43.2 Å². The number of nitrogens with two attached hydrogens (primary N) is 2. The summed E-state index contributed by atoms with van der Waals surface area (Å²) in [5.74, 6) is -12.1. The molecule has 0 saturated heterocycles. The molecular formula is C34H60N10O13. The van der Waals surface area contributed by atoms with Gasteiger partial charge in [0.25, 0.3) is 0 Å². The van der Waals surface area contributed by atoms with E-state index in [9.17, 15) is 58.5 Å². The normalized spacial score (nSPS) is 15.6. The smallest absolute Gasteiger partial charge is 0.327 e. The van der Waals surface area contributed by atoms with E-state index in [1.165, 1.54) is 27.8 Å². The molecule has 57 heavy (non-hydrogen) atoms. The Morgan fingerprint density at radius 3 is 1.72 bits per heavy atom. The van der Waals surface area contributed by atoms with Gasteiger partial charge in [0.05, 0.1) is 24.5 Å². The summed E-state index contributed by atoms with van der Waals surface area (Å²) in [5, 5.41) is 55.1. The van der Waals surface area contributed by atoms with Crippen LogP contribution in [0.5, 0.6) is 0 Å². The van der Waals surface area contributed by atoms with Crippen molar-refractivity contribution in [3.05, 3.63) is 0 Å². The largest absolute Gasteiger partial charge is 0.480 e. The monoisotopic (exact) mass is 816 g/mol. The van der Waals surface area contributed by atoms with E-state index in [2.05, 4.69) is 42.2 Å². The van der Waals surface area contributed by atoms with Crippen molar-refractivity contribution >= 4 is 59.2 Å². The van der Waals surface area contributed by atoms with Gasteiger partial charge in [-0.2, -0.15) is 0 Å². The minimum Gasteiger partial charge on any atom is -0.480 e. The summed E-state index contributed by atoms with van der Waals surface area (Å²) < 4.78 is 0. The van der Waals surface area contributed by atoms with Crippen LogP contribution < -0.4 is 48.7 Å². The molecule has 0 saturated carbocycles. The molecule has 0 fully saturated rings. The quantitative estimate of drug-likeness (QED) is 0.0211. The lowest BCUT2D eigenvalue weighted by Gasteiger charge is -2.29. The van der Waals surface area contributed by atoms with E-state index in [4.69, 9.17) is 16.6 Å². The molecule has 0 rings (SSSR count). The van der Waals surface area contributed by atoms with Gasteiger partial charge in [-0.15, -0.1) is 0 Å². The van der Waals surface area contributed by atoms with Crippen LogP contribution in [0.4, 0.5) is 0 Å². The van der Waals surface area contributed by atoms with Gasteiger partial charge in [0, 0.05) is 20.0 Å². The van der Waals surface area contributed by atoms with Gasteiger partial charge in [-0.3, -0.25) is 38.6 Å². The van der Waals surface area contributed by atoms with Crippen LogP contribution in [0.2, 0.25) is 0 Å². The maximum atomic E-state index is 13.6. The number of amides is 7. The summed E-state index contributed by atoms with van der Waals surface area (Å²) in [6, 6.07) is -8.58. The molecule has 0 spiro atoms. The van der Waals surface area contributed by atoms with Crippen molar-refractivity contribution in [2.75, 3.05) is 26.8 Å². The molecule has 23 heteroatoms. The van der Waals surface area contributed by atoms with Gasteiger partial charge in [0.1, 0.15) is 36.8 Å². The predicted molar refractivity (Wildman–Crippen MR) is 202 cm³/mol. The highest BCUT2D eigenvalue weighted by Gasteiger charge is 2.37. The van der Waals surface area contributed by atoms with Crippen molar-refractivity contribution in [1.82, 2.24) is 37.2 Å². The third-order valence-corrected chi connectivity index (χ3v) is 9.03. The summed E-state index contributed by atoms with van der Waals surface area (Å²) in [5.41, 5.74) is 10.7. The zero-order chi connectivity index (χ0) is 44.0. The number of carbonyl (C=O) groups excluding carboxylic acids is 7. The van der Waals surface area contributed by atoms with Crippen molar-refractivity contribution < 1.29 is 63.6 Å². The highest BCUT2D eigenvalue weighted by Crippen LogP contribution is 2.14. The second kappa shape index (κ2) is 26.3. The van der Waals surface area contributed by atoms with Crippen LogP contribution in [0.3, 0.4) is 0 Å². The Balaban J connectivity index is 6.19. The molecule has 7 amide bonds. The Bertz CT molecular complexity index is 1440. The molecule has 15 N–H and O–H groups in total. The number of nitrogens with zero attached hydrogens (tertiary/aromatic N) is 1. The lowest BCUT2D eigenvalue weighted by atomic mass is 9.96. The summed E-state index contributed by atoms with van der Waals surface area (Å²) in [6.45, 7) is 5.69. The molecular weight excluding hydrogens is 756 g/mol. The third kappa shape index (κ3) is 19.2. The molecule has 9 atom stereocenters. The van der Waals surface area contributed by atoms with Gasteiger partial charge in [0.2, 0.25) is 41.4 Å². The van der Waals surface area contributed by atoms with Crippen LogP contribution >= 0.6 is 0 Å². The molecule has 0 aromatic rings. The van der Waals surface area contributed by atoms with Crippen molar-refractivity contribution in [2.24, 2.45) is 34.2 Å². The first-order valence-corrected chi connectivity index (χ1v) is 18.4. The van der Waals surface area contributed by atoms with Crippen LogP contribution in [0, 0.1) is 17.8 Å². The number of carbonyl (C=O) groups is 9. The lowest BCUT2D eigenvalue weighted by molar-refractivity contribution is -0.146. The number of hydrogen-bond acceptors (Lipinski definition) is 12. The molecule has 0 bridgehead atoms. The minimum absolute atomic E-state index is 0.00576. The number of aliphatic hydroxyl groups excluding tert-OH is 2. The fourth-order valence-corrected chi connectivity index (χ4v) is 5.09. The third-order valence-electron chi connectivity index (χ3n) is 9.03. The molecule has 0 unspecified atom stereocenters. The SMILES string of the molecule is CC[C@H](C)C[C@H](NC(=O)[C@@H](C)NC(=O)CO)C(=O)N[C@@H](C(=O)O)[C@H](C)C(=O)N[C@@H](CCCN=C(N)N)C(=O)N[C@@H](CO)[C@H](C)C(=O)N[C@H](CCC(=O)NC)C(=O)O. The molecule has 0 aliphatic carbocycles. The zero-order valence-electron chi connectivity index (χ0n) is 33.1. The number of carboxylic acids is 2. The van der Waals surface area contributed by atoms with E-state index in [0.717, 1.165) is 0 Å². The summed E-state index contributed by atoms with van der Waals surface area (Å²) in [6.07, 6.45) is 0.126. The highest BCUT2D eigenvalue weighted by molar-refractivity contribution is 5.96. The Morgan fingerprint density at radius 1 is 0.649 bits per heavy atom. The standard InChI is InChI=1S/C34H60N10O13/c1-7-16(2)13-22(42-29(51)19(5)39-25(48)15-46)31(53)44-26(33(56)57)18(4)28(50)40-20(9-8-12-38-34(35)36)30(52)43-23(14-45)17(3)27(49)41-21(32(54)55)10-11-24(47)37-6/h16-23,26,45-46H,7-15H2,1-6H3,(H,37,47)(H,39,48)(H,40,50)(H,41,49)(H,42,51)(H,43,52)(H,44,53)(H,54,55)(H,56,57)(H4,35,36,38)/t16-,17-,18-,19+,20-,21+,22-,23-,26+/m0/s1. The van der Waals surface area contributed by atoms with E-state index < -0.39 is 115 Å². The maximum absolute atomic E-state index is 13.6. The van der Waals surface area contributed by atoms with E-state index in [0.29, 0.717) is 6.42 Å². The Labute approximate surface area is 330 Å². The first-order chi connectivity index (χ1) is 26.6. The van der Waals surface area contributed by atoms with Gasteiger partial charge < -0.3 is 69.1 Å². The van der Waals surface area contributed by atoms with Crippen molar-refractivity contribution in [2.45, 2.75) is 109 Å². The number of nitrogens with one attached hydrogen (secondary N) is 7. The summed E-state index contributed by atoms with van der Waals surface area (Å²) >= 11 is 0. The average molecular weight is 817 g/mol. The molecule has 324 valence electrons. The van der Waals surface area contributed by atoms with Gasteiger partial charge >= 0.3 is 11.9 Å². The number of carboxylic acid groups (broad SMARTS) is 2. The van der Waals surface area contributed by atoms with Gasteiger partial charge in [-0.1, -0.05) is 34.1 Å². The van der Waals surface area contributed by atoms with Gasteiger partial charge in [0.15, 0.2) is 5.96 Å². The maximum Gasteiger partial charge on any atom is 0.327 e. The number of aliphatic hydroxyl groups is 2. The van der Waals surface area contributed by atoms with Crippen molar-refractivity contribution in [3.8, 4) is 0 Å². The number of guanidine groups is 1. The number of aliphatic carboxylic acids is 2. The molecule has 0 radical (unpaired) electrons. The Morgan fingerprint density at radius 2 is 1.21 bits per heavy atom. The number of rotatable bonds is 27. The topological polar surface area (TPSA) is 383 Å². The van der Waals surface area contributed by atoms with E-state index in [-0.39, 0.29) is 50.5 Å². The van der Waals surface area contributed by atoms with Crippen LogP contribution in [0.25, 0.3) is 0 Å². The van der Waals surface area contributed by atoms with Gasteiger partial charge in [-0.05, 0) is 38.5 Å². The lowest BCUT2D eigenvalue weighted by Crippen LogP contribution is -2.59. The number of hydrogen-bond donors (Lipinski definition) is 13. The van der Waals surface area contributed by atoms with Crippen LogP contribution in [0.15, 0.2) is 4.99 Å². The minimum atomic E-state index is -1.88. The predicted octanol–water partition coefficient (Wildman–Crippen LogP) is -4.64. The Hall–Kier alpha value is -5.58. The fraction of sp³-hybridized carbons (Fsp3) is 0.706. The van der Waals surface area contributed by atoms with Gasteiger partial charge in [-0.25, -0.2) is 9.59 Å². The molecule has 0 aromatic heterocycles. The van der Waals surface area contributed by atoms with Crippen LogP contribution in [0.1, 0.15) is 73.1 Å². The Kier molecular flexibility index (Phi) is 23.7. The van der Waals surface area contributed by atoms with E-state index in [1.54, 1.807) is 6.92 Å². The second-order valence-corrected chi connectivity index (χ2v) is 13.6. The molecule has 0 aliphatic heterocycles. The van der Waals surface area contributed by atoms with Crippen LogP contribution in [-0.4, -0.2) is 143 Å². The molecule has 0 heterocycles. The zero-order valence-corrected chi connectivity index (χ0v) is 33.1. The molecule has 23 nitrogen and oxygen atoms in total.